The number of hydrogen-bond donors (Lipinski definition) is 2. The predicted molar refractivity (Wildman–Crippen MR) is 63.3 cm³/mol. The Morgan fingerprint density at radius 3 is 3.00 bits per heavy atom. The molecule has 1 unspecified atom stereocenters. The van der Waals surface area contributed by atoms with Crippen LogP contribution in [-0.2, 0) is 4.74 Å². The summed E-state index contributed by atoms with van der Waals surface area (Å²) in [4.78, 5) is 13.8. The molecule has 1 saturated heterocycles. The maximum Gasteiger partial charge on any atom is 0.317 e. The molecule has 1 atom stereocenters. The third-order valence-corrected chi connectivity index (χ3v) is 2.99. The third-order valence-electron chi connectivity index (χ3n) is 2.99. The van der Waals surface area contributed by atoms with E-state index in [9.17, 15) is 4.79 Å². The van der Waals surface area contributed by atoms with Gasteiger partial charge in [-0.2, -0.15) is 0 Å². The highest BCUT2D eigenvalue weighted by Crippen LogP contribution is 2.15. The zero-order chi connectivity index (χ0) is 11.8. The molecule has 1 rings (SSSR count). The van der Waals surface area contributed by atoms with Gasteiger partial charge in [0, 0.05) is 32.8 Å². The van der Waals surface area contributed by atoms with Gasteiger partial charge < -0.3 is 20.7 Å². The quantitative estimate of drug-likeness (QED) is 0.692. The lowest BCUT2D eigenvalue weighted by molar-refractivity contribution is 0.166. The molecule has 0 aromatic carbocycles. The molecular formula is C11H23N3O2. The summed E-state index contributed by atoms with van der Waals surface area (Å²) in [7, 11) is 1.63. The zero-order valence-corrected chi connectivity index (χ0v) is 10.1. The fourth-order valence-electron chi connectivity index (χ4n) is 2.05. The molecule has 0 saturated carbocycles. The van der Waals surface area contributed by atoms with Gasteiger partial charge in [-0.3, -0.25) is 0 Å². The first-order chi connectivity index (χ1) is 7.79. The van der Waals surface area contributed by atoms with Gasteiger partial charge in [-0.15, -0.1) is 0 Å². The Balaban J connectivity index is 2.42. The van der Waals surface area contributed by atoms with Crippen molar-refractivity contribution in [2.45, 2.75) is 31.7 Å². The molecule has 1 fully saturated rings. The molecule has 1 heterocycles. The topological polar surface area (TPSA) is 67.6 Å². The van der Waals surface area contributed by atoms with Crippen LogP contribution in [0, 0.1) is 0 Å². The molecule has 1 aliphatic rings. The standard InChI is InChI=1S/C11H23N3O2/c1-16-8-6-13-11(15)14-7-4-2-3-5-10(14)9-12/h10H,2-9,12H2,1H3,(H,13,15). The fraction of sp³-hybridized carbons (Fsp3) is 0.909. The van der Waals surface area contributed by atoms with Crippen molar-refractivity contribution < 1.29 is 9.53 Å². The van der Waals surface area contributed by atoms with E-state index < -0.39 is 0 Å². The van der Waals surface area contributed by atoms with Crippen molar-refractivity contribution in [3.63, 3.8) is 0 Å². The lowest BCUT2D eigenvalue weighted by Gasteiger charge is -2.29. The molecule has 0 bridgehead atoms. The van der Waals surface area contributed by atoms with Gasteiger partial charge in [0.2, 0.25) is 0 Å². The molecule has 94 valence electrons. The van der Waals surface area contributed by atoms with Crippen LogP contribution in [0.2, 0.25) is 0 Å². The minimum atomic E-state index is -0.00519. The van der Waals surface area contributed by atoms with Crippen LogP contribution in [0.1, 0.15) is 25.7 Å². The summed E-state index contributed by atoms with van der Waals surface area (Å²) in [6.07, 6.45) is 4.46. The van der Waals surface area contributed by atoms with E-state index in [1.165, 1.54) is 12.8 Å². The number of nitrogens with one attached hydrogen (secondary N) is 1. The summed E-state index contributed by atoms with van der Waals surface area (Å²) in [5.74, 6) is 0. The highest BCUT2D eigenvalue weighted by Gasteiger charge is 2.23. The highest BCUT2D eigenvalue weighted by molar-refractivity contribution is 5.74. The number of urea groups is 1. The van der Waals surface area contributed by atoms with Gasteiger partial charge in [0.05, 0.1) is 6.61 Å². The number of carbonyl (C=O) groups is 1. The summed E-state index contributed by atoms with van der Waals surface area (Å²) in [6, 6.07) is 0.194. The van der Waals surface area contributed by atoms with Crippen molar-refractivity contribution >= 4 is 6.03 Å². The van der Waals surface area contributed by atoms with E-state index in [4.69, 9.17) is 10.5 Å². The number of rotatable bonds is 4. The van der Waals surface area contributed by atoms with E-state index in [0.717, 1.165) is 19.4 Å². The average Bonchev–Trinajstić information content (AvgIpc) is 2.54. The zero-order valence-electron chi connectivity index (χ0n) is 10.1. The summed E-state index contributed by atoms with van der Waals surface area (Å²) in [5.41, 5.74) is 5.71. The second kappa shape index (κ2) is 7.46. The Morgan fingerprint density at radius 2 is 2.31 bits per heavy atom. The number of likely N-dealkylation sites (tertiary alicyclic amines) is 1. The van der Waals surface area contributed by atoms with Crippen LogP contribution in [0.15, 0.2) is 0 Å². The first kappa shape index (κ1) is 13.3. The Hall–Kier alpha value is -0.810. The third kappa shape index (κ3) is 3.98. The fourth-order valence-corrected chi connectivity index (χ4v) is 2.05. The van der Waals surface area contributed by atoms with Gasteiger partial charge >= 0.3 is 6.03 Å². The number of ether oxygens (including phenoxy) is 1. The molecule has 2 amide bonds. The van der Waals surface area contributed by atoms with E-state index in [2.05, 4.69) is 5.32 Å². The van der Waals surface area contributed by atoms with Crippen molar-refractivity contribution in [2.24, 2.45) is 5.73 Å². The van der Waals surface area contributed by atoms with Crippen molar-refractivity contribution in [1.82, 2.24) is 10.2 Å². The molecule has 1 aliphatic heterocycles. The minimum Gasteiger partial charge on any atom is -0.383 e. The highest BCUT2D eigenvalue weighted by atomic mass is 16.5. The van der Waals surface area contributed by atoms with E-state index in [0.29, 0.717) is 19.7 Å². The van der Waals surface area contributed by atoms with Gasteiger partial charge in [-0.1, -0.05) is 12.8 Å². The summed E-state index contributed by atoms with van der Waals surface area (Å²) >= 11 is 0. The van der Waals surface area contributed by atoms with E-state index in [-0.39, 0.29) is 12.1 Å². The summed E-state index contributed by atoms with van der Waals surface area (Å²) < 4.78 is 4.90. The first-order valence-electron chi connectivity index (χ1n) is 6.03. The van der Waals surface area contributed by atoms with Gasteiger partial charge in [-0.25, -0.2) is 4.79 Å². The Kier molecular flexibility index (Phi) is 6.18. The van der Waals surface area contributed by atoms with Crippen molar-refractivity contribution in [2.75, 3.05) is 33.4 Å². The van der Waals surface area contributed by atoms with Gasteiger partial charge in [-0.05, 0) is 12.8 Å². The Labute approximate surface area is 97.3 Å². The maximum atomic E-state index is 11.9. The summed E-state index contributed by atoms with van der Waals surface area (Å²) in [5, 5.41) is 2.85. The molecule has 5 heteroatoms. The number of carbonyl (C=O) groups excluding carboxylic acids is 1. The van der Waals surface area contributed by atoms with Gasteiger partial charge in [0.15, 0.2) is 0 Å². The van der Waals surface area contributed by atoms with Crippen LogP contribution >= 0.6 is 0 Å². The van der Waals surface area contributed by atoms with Gasteiger partial charge in [0.1, 0.15) is 0 Å². The average molecular weight is 229 g/mol. The molecule has 0 radical (unpaired) electrons. The maximum absolute atomic E-state index is 11.9. The van der Waals surface area contributed by atoms with Crippen molar-refractivity contribution in [1.29, 1.82) is 0 Å². The second-order valence-electron chi connectivity index (χ2n) is 4.16. The van der Waals surface area contributed by atoms with Gasteiger partial charge in [0.25, 0.3) is 0 Å². The van der Waals surface area contributed by atoms with Crippen molar-refractivity contribution in [3.8, 4) is 0 Å². The molecule has 0 spiro atoms. The SMILES string of the molecule is COCCNC(=O)N1CCCCCC1CN. The normalized spacial score (nSPS) is 21.6. The first-order valence-corrected chi connectivity index (χ1v) is 6.03. The predicted octanol–water partition coefficient (Wildman–Crippen LogP) is 0.546. The van der Waals surface area contributed by atoms with Crippen LogP contribution < -0.4 is 11.1 Å². The lowest BCUT2D eigenvalue weighted by atomic mass is 10.1. The van der Waals surface area contributed by atoms with Crippen LogP contribution in [0.3, 0.4) is 0 Å². The molecule has 5 nitrogen and oxygen atoms in total. The minimum absolute atomic E-state index is 0.00519. The van der Waals surface area contributed by atoms with Crippen LogP contribution in [0.5, 0.6) is 0 Å². The molecule has 3 N–H and O–H groups in total. The van der Waals surface area contributed by atoms with E-state index in [1.807, 2.05) is 4.90 Å². The molecule has 0 aromatic heterocycles. The van der Waals surface area contributed by atoms with Crippen molar-refractivity contribution in [3.05, 3.63) is 0 Å². The van der Waals surface area contributed by atoms with E-state index in [1.54, 1.807) is 7.11 Å². The van der Waals surface area contributed by atoms with E-state index >= 15 is 0 Å². The largest absolute Gasteiger partial charge is 0.383 e. The summed E-state index contributed by atoms with van der Waals surface area (Å²) in [6.45, 7) is 2.48. The monoisotopic (exact) mass is 229 g/mol. The number of nitrogens with two attached hydrogens (primary N) is 1. The molecule has 0 aliphatic carbocycles. The smallest absolute Gasteiger partial charge is 0.317 e. The Bertz CT molecular complexity index is 211. The number of amides is 2. The molecular weight excluding hydrogens is 206 g/mol. The van der Waals surface area contributed by atoms with Crippen LogP contribution in [0.25, 0.3) is 0 Å². The lowest BCUT2D eigenvalue weighted by Crippen LogP contribution is -2.49. The molecule has 16 heavy (non-hydrogen) atoms. The Morgan fingerprint density at radius 1 is 1.50 bits per heavy atom. The van der Waals surface area contributed by atoms with Crippen LogP contribution in [0.4, 0.5) is 4.79 Å². The van der Waals surface area contributed by atoms with Crippen LogP contribution in [-0.4, -0.2) is 50.3 Å². The second-order valence-corrected chi connectivity index (χ2v) is 4.16. The number of hydrogen-bond acceptors (Lipinski definition) is 3. The molecule has 0 aromatic rings. The number of methoxy groups -OCH3 is 1. The number of nitrogens with zero attached hydrogens (tertiary/aromatic N) is 1.